The van der Waals surface area contributed by atoms with Gasteiger partial charge in [-0.3, -0.25) is 0 Å². The van der Waals surface area contributed by atoms with Gasteiger partial charge in [-0.2, -0.15) is 0 Å². The Morgan fingerprint density at radius 2 is 1.64 bits per heavy atom. The smallest absolute Gasteiger partial charge is 0.404 e. The third-order valence-corrected chi connectivity index (χ3v) is 0.587. The quantitative estimate of drug-likeness (QED) is 0.333. The summed E-state index contributed by atoms with van der Waals surface area (Å²) in [6.45, 7) is 1.88. The van der Waals surface area contributed by atoms with Crippen LogP contribution < -0.4 is 22.5 Å². The van der Waals surface area contributed by atoms with Gasteiger partial charge in [0, 0.05) is 26.2 Å². The number of amides is 1. The molecule has 0 atom stereocenters. The van der Waals surface area contributed by atoms with Crippen LogP contribution >= 0.6 is 0 Å². The number of rotatable bonds is 3. The van der Waals surface area contributed by atoms with E-state index in [1.54, 1.807) is 0 Å². The van der Waals surface area contributed by atoms with Crippen molar-refractivity contribution in [1.29, 1.82) is 0 Å². The number of hydrogen-bond donors (Lipinski definition) is 5. The predicted molar refractivity (Wildman–Crippen MR) is 43.2 cm³/mol. The van der Waals surface area contributed by atoms with Crippen LogP contribution in [0.2, 0.25) is 0 Å². The number of nitrogens with one attached hydrogen (secondary N) is 1. The molecule has 0 aliphatic carbocycles. The van der Waals surface area contributed by atoms with Crippen molar-refractivity contribution in [3.8, 4) is 0 Å². The summed E-state index contributed by atoms with van der Waals surface area (Å²) in [7, 11) is 0. The van der Waals surface area contributed by atoms with Crippen molar-refractivity contribution >= 4 is 6.09 Å². The lowest BCUT2D eigenvalue weighted by atomic mass is 10.7. The van der Waals surface area contributed by atoms with Crippen molar-refractivity contribution in [1.82, 2.24) is 5.32 Å². The predicted octanol–water partition coefficient (Wildman–Crippen LogP) is -1.88. The molecule has 0 aromatic carbocycles. The second-order valence-electron chi connectivity index (χ2n) is 1.60. The van der Waals surface area contributed by atoms with Crippen LogP contribution in [0.25, 0.3) is 0 Å². The van der Waals surface area contributed by atoms with E-state index in [0.717, 1.165) is 0 Å². The lowest BCUT2D eigenvalue weighted by molar-refractivity contribution is 0.195. The number of carboxylic acid groups (broad SMARTS) is 1. The molecule has 68 valence electrons. The first-order valence-electron chi connectivity index (χ1n) is 3.26. The number of hydrogen-bond acceptors (Lipinski definition) is 4. The molecule has 1 amide bonds. The number of carbonyl (C=O) groups is 1. The van der Waals surface area contributed by atoms with Gasteiger partial charge >= 0.3 is 6.09 Å². The van der Waals surface area contributed by atoms with Gasteiger partial charge in [0.1, 0.15) is 0 Å². The molecule has 0 aromatic rings. The summed E-state index contributed by atoms with van der Waals surface area (Å²) in [6, 6.07) is 0. The zero-order chi connectivity index (χ0) is 9.11. The van der Waals surface area contributed by atoms with Crippen LogP contribution in [0.1, 0.15) is 0 Å². The monoisotopic (exact) mass is 164 g/mol. The topological polar surface area (TPSA) is 127 Å². The molecule has 0 unspecified atom stereocenters. The first-order valence-corrected chi connectivity index (χ1v) is 3.26. The summed E-state index contributed by atoms with van der Waals surface area (Å²) in [6.07, 6.45) is -1.02. The lowest BCUT2D eigenvalue weighted by Crippen LogP contribution is -2.27. The first-order chi connectivity index (χ1) is 5.18. The van der Waals surface area contributed by atoms with Gasteiger partial charge in [0.15, 0.2) is 0 Å². The summed E-state index contributed by atoms with van der Waals surface area (Å²) in [5.41, 5.74) is 14.8. The van der Waals surface area contributed by atoms with Crippen LogP contribution in [0.5, 0.6) is 0 Å². The Bertz CT molecular complexity index is 86.6. The molecule has 0 aliphatic rings. The van der Waals surface area contributed by atoms with Crippen molar-refractivity contribution in [2.24, 2.45) is 17.2 Å². The Hall–Kier alpha value is -0.850. The first kappa shape index (κ1) is 12.8. The summed E-state index contributed by atoms with van der Waals surface area (Å²) in [5, 5.41) is 9.96. The molecular weight excluding hydrogens is 148 g/mol. The summed E-state index contributed by atoms with van der Waals surface area (Å²) in [5.74, 6) is 0. The van der Waals surface area contributed by atoms with Gasteiger partial charge in [0.05, 0.1) is 0 Å². The molecule has 6 nitrogen and oxygen atoms in total. The minimum atomic E-state index is -1.02. The standard InChI is InChI=1S/C3H8N2O2.C2H8N2/c4-1-2-5-3(6)7;3-1-2-4/h5H,1-2,4H2,(H,6,7);1-4H2. The van der Waals surface area contributed by atoms with Crippen molar-refractivity contribution in [3.63, 3.8) is 0 Å². The maximum Gasteiger partial charge on any atom is 0.404 e. The fourth-order valence-corrected chi connectivity index (χ4v) is 0.179. The fraction of sp³-hybridized carbons (Fsp3) is 0.800. The normalized spacial score (nSPS) is 7.91. The van der Waals surface area contributed by atoms with Gasteiger partial charge in [-0.1, -0.05) is 0 Å². The molecule has 0 saturated heterocycles. The minimum Gasteiger partial charge on any atom is -0.465 e. The van der Waals surface area contributed by atoms with E-state index in [1.807, 2.05) is 0 Å². The Balaban J connectivity index is 0. The molecule has 0 aromatic heterocycles. The fourth-order valence-electron chi connectivity index (χ4n) is 0.179. The van der Waals surface area contributed by atoms with E-state index >= 15 is 0 Å². The maximum absolute atomic E-state index is 9.59. The molecule has 0 spiro atoms. The van der Waals surface area contributed by atoms with Gasteiger partial charge < -0.3 is 27.6 Å². The van der Waals surface area contributed by atoms with Crippen molar-refractivity contribution in [2.45, 2.75) is 0 Å². The average molecular weight is 164 g/mol. The molecule has 8 N–H and O–H groups in total. The van der Waals surface area contributed by atoms with Crippen molar-refractivity contribution in [3.05, 3.63) is 0 Å². The largest absolute Gasteiger partial charge is 0.465 e. The molecule has 11 heavy (non-hydrogen) atoms. The average Bonchev–Trinajstić information content (AvgIpc) is 2.01. The van der Waals surface area contributed by atoms with E-state index in [-0.39, 0.29) is 0 Å². The third-order valence-electron chi connectivity index (χ3n) is 0.587. The zero-order valence-electron chi connectivity index (χ0n) is 6.42. The highest BCUT2D eigenvalue weighted by atomic mass is 16.4. The van der Waals surface area contributed by atoms with Crippen LogP contribution in [0.15, 0.2) is 0 Å². The van der Waals surface area contributed by atoms with E-state index in [2.05, 4.69) is 5.32 Å². The Labute approximate surface area is 65.7 Å². The molecule has 0 aliphatic heterocycles. The van der Waals surface area contributed by atoms with Crippen LogP contribution in [0.3, 0.4) is 0 Å². The highest BCUT2D eigenvalue weighted by Gasteiger charge is 1.86. The van der Waals surface area contributed by atoms with E-state index < -0.39 is 6.09 Å². The Morgan fingerprint density at radius 3 is 1.73 bits per heavy atom. The molecular formula is C5H16N4O2. The van der Waals surface area contributed by atoms with Gasteiger partial charge in [0.25, 0.3) is 0 Å². The maximum atomic E-state index is 9.59. The van der Waals surface area contributed by atoms with Crippen LogP contribution in [-0.4, -0.2) is 37.4 Å². The molecule has 0 rings (SSSR count). The molecule has 0 saturated carbocycles. The van der Waals surface area contributed by atoms with Crippen LogP contribution in [-0.2, 0) is 0 Å². The molecule has 0 bridgehead atoms. The van der Waals surface area contributed by atoms with E-state index in [1.165, 1.54) is 0 Å². The van der Waals surface area contributed by atoms with Crippen LogP contribution in [0.4, 0.5) is 4.79 Å². The second kappa shape index (κ2) is 11.9. The van der Waals surface area contributed by atoms with Gasteiger partial charge in [0.2, 0.25) is 0 Å². The Kier molecular flexibility index (Phi) is 13.8. The SMILES string of the molecule is NCCN.NCCNC(=O)O. The van der Waals surface area contributed by atoms with Gasteiger partial charge in [-0.25, -0.2) is 4.79 Å². The molecule has 0 fully saturated rings. The second-order valence-corrected chi connectivity index (χ2v) is 1.60. The van der Waals surface area contributed by atoms with E-state index in [4.69, 9.17) is 22.3 Å². The van der Waals surface area contributed by atoms with E-state index in [0.29, 0.717) is 26.2 Å². The molecule has 0 radical (unpaired) electrons. The van der Waals surface area contributed by atoms with Crippen molar-refractivity contribution in [2.75, 3.05) is 26.2 Å². The van der Waals surface area contributed by atoms with Crippen LogP contribution in [0, 0.1) is 0 Å². The zero-order valence-corrected chi connectivity index (χ0v) is 6.42. The highest BCUT2D eigenvalue weighted by Crippen LogP contribution is 1.54. The lowest BCUT2D eigenvalue weighted by Gasteiger charge is -1.92. The minimum absolute atomic E-state index is 0.329. The summed E-state index contributed by atoms with van der Waals surface area (Å²) < 4.78 is 0. The molecule has 6 heteroatoms. The summed E-state index contributed by atoms with van der Waals surface area (Å²) >= 11 is 0. The van der Waals surface area contributed by atoms with E-state index in [9.17, 15) is 4.79 Å². The Morgan fingerprint density at radius 1 is 1.18 bits per heavy atom. The third kappa shape index (κ3) is 27.2. The molecule has 0 heterocycles. The van der Waals surface area contributed by atoms with Gasteiger partial charge in [-0.05, 0) is 0 Å². The summed E-state index contributed by atoms with van der Waals surface area (Å²) in [4.78, 5) is 9.59. The van der Waals surface area contributed by atoms with Crippen molar-refractivity contribution < 1.29 is 9.90 Å². The number of nitrogens with two attached hydrogens (primary N) is 3. The highest BCUT2D eigenvalue weighted by molar-refractivity contribution is 5.64. The van der Waals surface area contributed by atoms with Gasteiger partial charge in [-0.15, -0.1) is 0 Å².